The zero-order chi connectivity index (χ0) is 12.6. The second kappa shape index (κ2) is 8.68. The van der Waals surface area contributed by atoms with Gasteiger partial charge in [0, 0.05) is 5.38 Å². The topological polar surface area (TPSA) is 26.3 Å². The summed E-state index contributed by atoms with van der Waals surface area (Å²) in [5.74, 6) is -0.818. The number of alkyl halides is 4. The minimum atomic E-state index is -1.97. The number of hydrogen-bond donors (Lipinski definition) is 0. The Morgan fingerprint density at radius 1 is 1.25 bits per heavy atom. The number of unbranched alkanes of at least 4 members (excludes halogenated alkanes) is 2. The molecule has 0 aromatic carbocycles. The molecule has 1 unspecified atom stereocenters. The van der Waals surface area contributed by atoms with Gasteiger partial charge in [0.1, 0.15) is 0 Å². The van der Waals surface area contributed by atoms with Crippen molar-refractivity contribution in [2.24, 2.45) is 0 Å². The molecule has 0 rings (SSSR count). The fraction of sp³-hybridized carbons (Fsp3) is 0.900. The van der Waals surface area contributed by atoms with Crippen LogP contribution in [0.4, 0.5) is 0 Å². The fourth-order valence-electron chi connectivity index (χ4n) is 1.10. The van der Waals surface area contributed by atoms with Crippen LogP contribution in [0.1, 0.15) is 39.0 Å². The van der Waals surface area contributed by atoms with E-state index in [-0.39, 0.29) is 12.0 Å². The quantitative estimate of drug-likeness (QED) is 0.394. The van der Waals surface area contributed by atoms with E-state index < -0.39 is 9.76 Å². The van der Waals surface area contributed by atoms with Crippen molar-refractivity contribution in [2.75, 3.05) is 6.61 Å². The average Bonchev–Trinajstić information content (AvgIpc) is 2.20. The number of carbonyl (C=O) groups is 1. The van der Waals surface area contributed by atoms with Crippen molar-refractivity contribution in [2.45, 2.75) is 48.2 Å². The van der Waals surface area contributed by atoms with Crippen LogP contribution in [0.5, 0.6) is 0 Å². The van der Waals surface area contributed by atoms with Crippen molar-refractivity contribution in [3.8, 4) is 0 Å². The molecule has 0 aliphatic carbocycles. The van der Waals surface area contributed by atoms with E-state index in [2.05, 4.69) is 6.92 Å². The van der Waals surface area contributed by atoms with Crippen molar-refractivity contribution in [1.82, 2.24) is 0 Å². The molecule has 6 heteroatoms. The maximum atomic E-state index is 11.0. The van der Waals surface area contributed by atoms with Crippen LogP contribution in [0, 0.1) is 0 Å². The lowest BCUT2D eigenvalue weighted by Crippen LogP contribution is -2.22. The van der Waals surface area contributed by atoms with Gasteiger partial charge in [-0.25, -0.2) is 4.79 Å². The van der Waals surface area contributed by atoms with Crippen LogP contribution in [0.25, 0.3) is 0 Å². The van der Waals surface area contributed by atoms with Gasteiger partial charge in [-0.05, 0) is 19.3 Å². The fourth-order valence-corrected chi connectivity index (χ4v) is 1.41. The maximum absolute atomic E-state index is 11.0. The summed E-state index contributed by atoms with van der Waals surface area (Å²) in [5, 5.41) is 0.240. The van der Waals surface area contributed by atoms with Crippen LogP contribution in [0.3, 0.4) is 0 Å². The average molecular weight is 310 g/mol. The SMILES string of the molecule is CCC(Cl)CCCCCOC(=O)C(Cl)(Cl)Cl. The number of ether oxygens (including phenoxy) is 1. The predicted octanol–water partition coefficient (Wildman–Crippen LogP) is 4.48. The molecule has 0 amide bonds. The first kappa shape index (κ1) is 16.6. The van der Waals surface area contributed by atoms with Gasteiger partial charge in [-0.1, -0.05) is 54.6 Å². The summed E-state index contributed by atoms with van der Waals surface area (Å²) in [7, 11) is 0. The van der Waals surface area contributed by atoms with Crippen molar-refractivity contribution < 1.29 is 9.53 Å². The number of esters is 1. The minimum absolute atomic E-state index is 0.240. The zero-order valence-electron chi connectivity index (χ0n) is 9.15. The van der Waals surface area contributed by atoms with E-state index in [1.807, 2.05) is 0 Å². The molecule has 0 aliphatic heterocycles. The van der Waals surface area contributed by atoms with E-state index in [0.717, 1.165) is 32.1 Å². The van der Waals surface area contributed by atoms with Gasteiger partial charge in [0.2, 0.25) is 0 Å². The number of hydrogen-bond acceptors (Lipinski definition) is 2. The molecule has 0 heterocycles. The Morgan fingerprint density at radius 2 is 1.88 bits per heavy atom. The molecule has 0 aliphatic rings. The van der Waals surface area contributed by atoms with Gasteiger partial charge in [-0.15, -0.1) is 11.6 Å². The first-order valence-corrected chi connectivity index (χ1v) is 6.83. The molecule has 0 radical (unpaired) electrons. The normalized spacial score (nSPS) is 13.6. The molecule has 0 saturated carbocycles. The van der Waals surface area contributed by atoms with Crippen molar-refractivity contribution in [3.63, 3.8) is 0 Å². The Labute approximate surface area is 117 Å². The monoisotopic (exact) mass is 308 g/mol. The first-order valence-electron chi connectivity index (χ1n) is 5.26. The van der Waals surface area contributed by atoms with E-state index in [9.17, 15) is 4.79 Å². The molecule has 2 nitrogen and oxygen atoms in total. The molecule has 0 aromatic heterocycles. The molecule has 0 bridgehead atoms. The molecular formula is C10H16Cl4O2. The molecule has 0 spiro atoms. The van der Waals surface area contributed by atoms with Crippen LogP contribution in [0.15, 0.2) is 0 Å². The van der Waals surface area contributed by atoms with Gasteiger partial charge >= 0.3 is 5.97 Å². The summed E-state index contributed by atoms with van der Waals surface area (Å²) >= 11 is 21.9. The Kier molecular flexibility index (Phi) is 9.02. The predicted molar refractivity (Wildman–Crippen MR) is 69.6 cm³/mol. The van der Waals surface area contributed by atoms with Crippen LogP contribution < -0.4 is 0 Å². The molecule has 0 N–H and O–H groups in total. The molecular weight excluding hydrogens is 294 g/mol. The first-order chi connectivity index (χ1) is 7.38. The van der Waals surface area contributed by atoms with Crippen molar-refractivity contribution in [1.29, 1.82) is 0 Å². The largest absolute Gasteiger partial charge is 0.463 e. The second-order valence-corrected chi connectivity index (χ2v) is 6.39. The summed E-state index contributed by atoms with van der Waals surface area (Å²) in [6.45, 7) is 2.34. The Bertz CT molecular complexity index is 203. The lowest BCUT2D eigenvalue weighted by atomic mass is 10.1. The van der Waals surface area contributed by atoms with Gasteiger partial charge in [0.05, 0.1) is 6.61 Å². The van der Waals surface area contributed by atoms with E-state index in [1.54, 1.807) is 0 Å². The van der Waals surface area contributed by atoms with Crippen LogP contribution in [-0.4, -0.2) is 21.7 Å². The summed E-state index contributed by atoms with van der Waals surface area (Å²) < 4.78 is 2.80. The third-order valence-corrected chi connectivity index (χ3v) is 3.06. The lowest BCUT2D eigenvalue weighted by molar-refractivity contribution is -0.142. The van der Waals surface area contributed by atoms with E-state index in [0.29, 0.717) is 0 Å². The Balaban J connectivity index is 3.38. The van der Waals surface area contributed by atoms with Crippen molar-refractivity contribution in [3.05, 3.63) is 0 Å². The zero-order valence-corrected chi connectivity index (χ0v) is 12.2. The van der Waals surface area contributed by atoms with Gasteiger partial charge in [0.15, 0.2) is 0 Å². The molecule has 0 aromatic rings. The van der Waals surface area contributed by atoms with Crippen LogP contribution in [0.2, 0.25) is 0 Å². The van der Waals surface area contributed by atoms with Crippen LogP contribution >= 0.6 is 46.4 Å². The summed E-state index contributed by atoms with van der Waals surface area (Å²) in [4.78, 5) is 11.0. The lowest BCUT2D eigenvalue weighted by Gasteiger charge is -2.10. The van der Waals surface area contributed by atoms with E-state index in [1.165, 1.54) is 0 Å². The molecule has 16 heavy (non-hydrogen) atoms. The standard InChI is InChI=1S/C10H16Cl4O2/c1-2-8(11)6-4-3-5-7-16-9(15)10(12,13)14/h8H,2-7H2,1H3. The van der Waals surface area contributed by atoms with Crippen molar-refractivity contribution >= 4 is 52.4 Å². The smallest absolute Gasteiger partial charge is 0.358 e. The van der Waals surface area contributed by atoms with E-state index >= 15 is 0 Å². The van der Waals surface area contributed by atoms with Gasteiger partial charge < -0.3 is 4.74 Å². The maximum Gasteiger partial charge on any atom is 0.358 e. The summed E-state index contributed by atoms with van der Waals surface area (Å²) in [6.07, 6.45) is 4.70. The molecule has 1 atom stereocenters. The van der Waals surface area contributed by atoms with Gasteiger partial charge in [-0.3, -0.25) is 0 Å². The molecule has 96 valence electrons. The highest BCUT2D eigenvalue weighted by Gasteiger charge is 2.32. The molecule has 0 fully saturated rings. The highest BCUT2D eigenvalue weighted by Crippen LogP contribution is 2.27. The highest BCUT2D eigenvalue weighted by atomic mass is 35.6. The second-order valence-electron chi connectivity index (χ2n) is 3.49. The van der Waals surface area contributed by atoms with Gasteiger partial charge in [-0.2, -0.15) is 0 Å². The Morgan fingerprint density at radius 3 is 2.38 bits per heavy atom. The minimum Gasteiger partial charge on any atom is -0.463 e. The molecule has 0 saturated heterocycles. The van der Waals surface area contributed by atoms with E-state index in [4.69, 9.17) is 51.1 Å². The van der Waals surface area contributed by atoms with Crippen LogP contribution in [-0.2, 0) is 9.53 Å². The Hall–Kier alpha value is 0.630. The third-order valence-electron chi connectivity index (χ3n) is 2.07. The number of carbonyl (C=O) groups excluding carboxylic acids is 1. The third kappa shape index (κ3) is 8.74. The highest BCUT2D eigenvalue weighted by molar-refractivity contribution is 6.75. The summed E-state index contributed by atoms with van der Waals surface area (Å²) in [5.41, 5.74) is 0. The number of halogens is 4. The summed E-state index contributed by atoms with van der Waals surface area (Å²) in [6, 6.07) is 0. The number of rotatable bonds is 7. The van der Waals surface area contributed by atoms with Gasteiger partial charge in [0.25, 0.3) is 3.79 Å².